The van der Waals surface area contributed by atoms with Gasteiger partial charge in [0, 0.05) is 11.8 Å². The molecule has 25 heavy (non-hydrogen) atoms. The molecule has 4 bridgehead atoms. The highest BCUT2D eigenvalue weighted by Gasteiger charge is 2.62. The molecule has 4 rings (SSSR count). The van der Waals surface area contributed by atoms with Gasteiger partial charge in [0.25, 0.3) is 0 Å². The number of alkyl halides is 3. The van der Waals surface area contributed by atoms with Crippen molar-refractivity contribution in [2.45, 2.75) is 55.2 Å². The number of halogens is 3. The molecule has 4 aliphatic rings. The molecule has 0 saturated heterocycles. The maximum atomic E-state index is 12.3. The molecule has 13 heteroatoms. The molecule has 146 valence electrons. The third-order valence-corrected chi connectivity index (χ3v) is 7.64. The van der Waals surface area contributed by atoms with Crippen LogP contribution in [-0.2, 0) is 24.5 Å². The van der Waals surface area contributed by atoms with Gasteiger partial charge in [-0.3, -0.25) is 4.18 Å². The molecular weight excluding hydrogens is 391 g/mol. The summed E-state index contributed by atoms with van der Waals surface area (Å²) in [5.74, 6) is -0.0617. The molecule has 2 N–H and O–H groups in total. The van der Waals surface area contributed by atoms with E-state index in [2.05, 4.69) is 4.18 Å². The van der Waals surface area contributed by atoms with Crippen molar-refractivity contribution in [3.8, 4) is 0 Å². The quantitative estimate of drug-likeness (QED) is 0.691. The second kappa shape index (κ2) is 5.29. The number of hydrogen-bond donors (Lipinski definition) is 2. The van der Waals surface area contributed by atoms with Crippen LogP contribution in [0.4, 0.5) is 13.2 Å². The van der Waals surface area contributed by atoms with E-state index in [0.29, 0.717) is 19.3 Å². The molecule has 0 aromatic heterocycles. The first-order chi connectivity index (χ1) is 11.1. The summed E-state index contributed by atoms with van der Waals surface area (Å²) in [6.07, 6.45) is 1.74. The van der Waals surface area contributed by atoms with Crippen LogP contribution >= 0.6 is 0 Å². The van der Waals surface area contributed by atoms with E-state index in [4.69, 9.17) is 0 Å². The SMILES string of the molecule is O=S(=O)([N-]S(=O)(=O)C(F)(F)F)OCC12CC3CC(O)(CC(O)(C3)C1)C2. The van der Waals surface area contributed by atoms with E-state index >= 15 is 0 Å². The van der Waals surface area contributed by atoms with E-state index in [1.807, 2.05) is 4.13 Å². The fourth-order valence-corrected chi connectivity index (χ4v) is 6.95. The van der Waals surface area contributed by atoms with Gasteiger partial charge in [-0.1, -0.05) is 0 Å². The Morgan fingerprint density at radius 2 is 1.52 bits per heavy atom. The Labute approximate surface area is 142 Å². The lowest BCUT2D eigenvalue weighted by Crippen LogP contribution is -2.64. The molecular formula is C12H17F3NO7S2-. The Balaban J connectivity index is 1.73. The average molecular weight is 408 g/mol. The molecule has 2 atom stereocenters. The summed E-state index contributed by atoms with van der Waals surface area (Å²) in [5, 5.41) is 21.0. The zero-order valence-electron chi connectivity index (χ0n) is 12.9. The molecule has 0 aromatic rings. The zero-order chi connectivity index (χ0) is 18.9. The predicted molar refractivity (Wildman–Crippen MR) is 76.7 cm³/mol. The molecule has 0 radical (unpaired) electrons. The van der Waals surface area contributed by atoms with Gasteiger partial charge in [0.2, 0.25) is 10.3 Å². The first kappa shape index (κ1) is 19.3. The standard InChI is InChI=1S/C12H17F3NO7S2/c13-12(14,15)24(19,20)16-25(21,22)23-7-9-1-8-2-10(17,4-9)6-11(18,3-8)5-9/h8,17-18H,1-7H2/q-1. The number of rotatable bonds is 5. The van der Waals surface area contributed by atoms with Crippen molar-refractivity contribution in [2.24, 2.45) is 11.3 Å². The van der Waals surface area contributed by atoms with Gasteiger partial charge in [-0.15, -0.1) is 0 Å². The van der Waals surface area contributed by atoms with Crippen molar-refractivity contribution in [1.82, 2.24) is 0 Å². The van der Waals surface area contributed by atoms with Crippen LogP contribution in [0.1, 0.15) is 38.5 Å². The largest absolute Gasteiger partial charge is 0.480 e. The minimum Gasteiger partial charge on any atom is -0.404 e. The smallest absolute Gasteiger partial charge is 0.404 e. The summed E-state index contributed by atoms with van der Waals surface area (Å²) in [5.41, 5.74) is -9.17. The van der Waals surface area contributed by atoms with Crippen LogP contribution in [0.25, 0.3) is 4.13 Å². The molecule has 0 aliphatic heterocycles. The number of hydrogen-bond acceptors (Lipinski definition) is 7. The highest BCUT2D eigenvalue weighted by Crippen LogP contribution is 2.63. The van der Waals surface area contributed by atoms with Gasteiger partial charge in [0.05, 0.1) is 17.8 Å². The third-order valence-electron chi connectivity index (χ3n) is 5.12. The lowest BCUT2D eigenvalue weighted by Gasteiger charge is -2.63. The molecule has 0 heterocycles. The minimum absolute atomic E-state index is 0.0617. The Morgan fingerprint density at radius 3 is 1.96 bits per heavy atom. The van der Waals surface area contributed by atoms with Crippen LogP contribution < -0.4 is 0 Å². The van der Waals surface area contributed by atoms with E-state index in [-0.39, 0.29) is 25.2 Å². The fraction of sp³-hybridized carbons (Fsp3) is 1.00. The molecule has 2 unspecified atom stereocenters. The third kappa shape index (κ3) is 3.67. The van der Waals surface area contributed by atoms with E-state index in [1.54, 1.807) is 0 Å². The van der Waals surface area contributed by atoms with Crippen molar-refractivity contribution in [1.29, 1.82) is 0 Å². The average Bonchev–Trinajstić information content (AvgIpc) is 2.29. The summed E-state index contributed by atoms with van der Waals surface area (Å²) in [4.78, 5) is 0. The fourth-order valence-electron chi connectivity index (χ4n) is 5.08. The second-order valence-corrected chi connectivity index (χ2v) is 10.7. The van der Waals surface area contributed by atoms with Crippen LogP contribution in [0, 0.1) is 11.3 Å². The molecule has 0 amide bonds. The first-order valence-corrected chi connectivity index (χ1v) is 10.3. The maximum Gasteiger partial charge on any atom is 0.480 e. The van der Waals surface area contributed by atoms with Gasteiger partial charge in [-0.05, 0) is 38.0 Å². The van der Waals surface area contributed by atoms with E-state index < -0.39 is 49.1 Å². The molecule has 4 fully saturated rings. The van der Waals surface area contributed by atoms with Gasteiger partial charge < -0.3 is 14.3 Å². The highest BCUT2D eigenvalue weighted by molar-refractivity contribution is 8.10. The number of sulfonamides is 1. The maximum absolute atomic E-state index is 12.3. The number of aliphatic hydroxyl groups is 2. The Morgan fingerprint density at radius 1 is 1.00 bits per heavy atom. The normalized spacial score (nSPS) is 41.2. The molecule has 0 spiro atoms. The van der Waals surface area contributed by atoms with Gasteiger partial charge in [0.15, 0.2) is 10.0 Å². The van der Waals surface area contributed by atoms with Gasteiger partial charge in [-0.25, -0.2) is 16.8 Å². The van der Waals surface area contributed by atoms with E-state index in [1.165, 1.54) is 0 Å². The lowest BCUT2D eigenvalue weighted by atomic mass is 9.46. The van der Waals surface area contributed by atoms with Crippen molar-refractivity contribution < 1.29 is 44.4 Å². The molecule has 4 aliphatic carbocycles. The van der Waals surface area contributed by atoms with Gasteiger partial charge in [-0.2, -0.15) is 13.2 Å². The molecule has 4 saturated carbocycles. The number of nitrogens with zero attached hydrogens (tertiary/aromatic N) is 1. The van der Waals surface area contributed by atoms with Gasteiger partial charge >= 0.3 is 5.51 Å². The van der Waals surface area contributed by atoms with Crippen molar-refractivity contribution in [2.75, 3.05) is 6.61 Å². The van der Waals surface area contributed by atoms with E-state index in [9.17, 15) is 40.2 Å². The first-order valence-electron chi connectivity index (χ1n) is 7.47. The zero-order valence-corrected chi connectivity index (χ0v) is 14.5. The van der Waals surface area contributed by atoms with Crippen LogP contribution in [0.3, 0.4) is 0 Å². The Bertz CT molecular complexity index is 761. The van der Waals surface area contributed by atoms with Crippen LogP contribution in [0.15, 0.2) is 0 Å². The van der Waals surface area contributed by atoms with Crippen molar-refractivity contribution in [3.05, 3.63) is 4.13 Å². The van der Waals surface area contributed by atoms with Gasteiger partial charge in [0.1, 0.15) is 0 Å². The topological polar surface area (TPSA) is 132 Å². The lowest BCUT2D eigenvalue weighted by molar-refractivity contribution is -0.235. The Kier molecular flexibility index (Phi) is 4.08. The van der Waals surface area contributed by atoms with Crippen LogP contribution in [-0.4, -0.2) is 50.4 Å². The predicted octanol–water partition coefficient (Wildman–Crippen LogP) is 0.917. The molecule has 8 nitrogen and oxygen atoms in total. The van der Waals surface area contributed by atoms with E-state index in [0.717, 1.165) is 0 Å². The minimum atomic E-state index is -6.24. The second-order valence-electron chi connectivity index (χ2n) is 7.64. The summed E-state index contributed by atoms with van der Waals surface area (Å²) >= 11 is 0. The summed E-state index contributed by atoms with van der Waals surface area (Å²) in [7, 11) is -11.6. The highest BCUT2D eigenvalue weighted by atomic mass is 32.3. The molecule has 0 aromatic carbocycles. The van der Waals surface area contributed by atoms with Crippen LogP contribution in [0.2, 0.25) is 0 Å². The van der Waals surface area contributed by atoms with Crippen LogP contribution in [0.5, 0.6) is 0 Å². The van der Waals surface area contributed by atoms with Crippen molar-refractivity contribution >= 4 is 20.3 Å². The summed E-state index contributed by atoms with van der Waals surface area (Å²) in [6.45, 7) is -0.646. The summed E-state index contributed by atoms with van der Waals surface area (Å²) < 4.78 is 87.9. The monoisotopic (exact) mass is 408 g/mol. The Hall–Kier alpha value is -0.470. The summed E-state index contributed by atoms with van der Waals surface area (Å²) in [6, 6.07) is 0. The van der Waals surface area contributed by atoms with Crippen molar-refractivity contribution in [3.63, 3.8) is 0 Å².